The van der Waals surface area contributed by atoms with E-state index in [0.29, 0.717) is 47.3 Å². The Morgan fingerprint density at radius 1 is 1.02 bits per heavy atom. The number of rotatable bonds is 14. The molecule has 0 saturated heterocycles. The molecule has 10 heteroatoms. The summed E-state index contributed by atoms with van der Waals surface area (Å²) in [5, 5.41) is 19.3. The van der Waals surface area contributed by atoms with Gasteiger partial charge in [0.25, 0.3) is 0 Å². The molecule has 0 fully saturated rings. The number of nitrogens with zero attached hydrogens (tertiary/aromatic N) is 2. The maximum Gasteiger partial charge on any atom is 0.311 e. The first-order valence-corrected chi connectivity index (χ1v) is 16.9. The summed E-state index contributed by atoms with van der Waals surface area (Å²) in [7, 11) is 0. The number of carbonyl (C=O) groups is 1. The number of aliphatic carboxylic acids is 1. The number of fused-ring (bicyclic) bond motifs is 1. The molecule has 4 aromatic rings. The van der Waals surface area contributed by atoms with E-state index in [4.69, 9.17) is 30.5 Å². The Bertz CT molecular complexity index is 1800. The molecule has 0 aliphatic carbocycles. The van der Waals surface area contributed by atoms with Crippen molar-refractivity contribution in [1.29, 1.82) is 5.26 Å². The van der Waals surface area contributed by atoms with Crippen LogP contribution in [0.15, 0.2) is 77.8 Å². The topological polar surface area (TPSA) is 110 Å². The number of nitriles is 1. The van der Waals surface area contributed by atoms with Crippen LogP contribution in [-0.2, 0) is 24.6 Å². The van der Waals surface area contributed by atoms with Crippen molar-refractivity contribution in [2.45, 2.75) is 33.1 Å². The van der Waals surface area contributed by atoms with Crippen LogP contribution in [0.25, 0.3) is 11.1 Å². The highest BCUT2D eigenvalue weighted by Gasteiger charge is 2.17. The van der Waals surface area contributed by atoms with E-state index in [0.717, 1.165) is 45.1 Å². The largest absolute Gasteiger partial charge is 0.488 e. The van der Waals surface area contributed by atoms with Crippen molar-refractivity contribution in [3.63, 3.8) is 0 Å². The molecule has 0 spiro atoms. The van der Waals surface area contributed by atoms with E-state index in [1.165, 1.54) is 6.21 Å². The van der Waals surface area contributed by atoms with Gasteiger partial charge in [-0.05, 0) is 83.5 Å². The van der Waals surface area contributed by atoms with Gasteiger partial charge >= 0.3 is 5.97 Å². The van der Waals surface area contributed by atoms with Gasteiger partial charge < -0.3 is 24.1 Å². The summed E-state index contributed by atoms with van der Waals surface area (Å²) >= 11 is 8.32. The molecular weight excluding hydrogens is 636 g/mol. The molecule has 1 aliphatic rings. The van der Waals surface area contributed by atoms with Crippen molar-refractivity contribution in [3.05, 3.63) is 106 Å². The lowest BCUT2D eigenvalue weighted by Gasteiger charge is -2.20. The summed E-state index contributed by atoms with van der Waals surface area (Å²) in [5.74, 6) is 1.54. The molecule has 1 aliphatic heterocycles. The maximum absolute atomic E-state index is 11.7. The smallest absolute Gasteiger partial charge is 0.311 e. The van der Waals surface area contributed by atoms with Crippen LogP contribution in [0.3, 0.4) is 0 Å². The molecule has 0 bridgehead atoms. The van der Waals surface area contributed by atoms with Crippen molar-refractivity contribution >= 4 is 35.5 Å². The molecule has 0 amide bonds. The first kappa shape index (κ1) is 33.7. The zero-order valence-corrected chi connectivity index (χ0v) is 27.8. The summed E-state index contributed by atoms with van der Waals surface area (Å²) < 4.78 is 24.0. The van der Waals surface area contributed by atoms with Crippen molar-refractivity contribution in [2.75, 3.05) is 25.2 Å². The van der Waals surface area contributed by atoms with Gasteiger partial charge in [0.15, 0.2) is 11.5 Å². The van der Waals surface area contributed by atoms with Crippen molar-refractivity contribution in [2.24, 2.45) is 10.9 Å². The lowest BCUT2D eigenvalue weighted by atomic mass is 9.96. The molecule has 1 heterocycles. The SMILES string of the molecule is CSCCC(C=NCc1cc(Cl)c(OCc2cccc(-c3ccc4c(c3)OCCO4)c2C)cc1OCc1cccc(C#N)c1)C(=O)O. The lowest BCUT2D eigenvalue weighted by Crippen LogP contribution is -2.16. The van der Waals surface area contributed by atoms with Crippen LogP contribution in [0.2, 0.25) is 5.02 Å². The normalized spacial score (nSPS) is 12.8. The Labute approximate surface area is 283 Å². The first-order valence-electron chi connectivity index (χ1n) is 15.1. The quantitative estimate of drug-likeness (QED) is 0.134. The van der Waals surface area contributed by atoms with E-state index >= 15 is 0 Å². The first-order chi connectivity index (χ1) is 22.9. The van der Waals surface area contributed by atoms with Crippen LogP contribution >= 0.6 is 23.4 Å². The summed E-state index contributed by atoms with van der Waals surface area (Å²) in [4.78, 5) is 16.1. The van der Waals surface area contributed by atoms with Crippen molar-refractivity contribution in [1.82, 2.24) is 0 Å². The Kier molecular flexibility index (Phi) is 11.7. The molecule has 0 saturated carbocycles. The summed E-state index contributed by atoms with van der Waals surface area (Å²) in [5.41, 5.74) is 6.17. The Morgan fingerprint density at radius 2 is 1.81 bits per heavy atom. The molecular formula is C37H35ClN2O6S. The molecule has 1 N–H and O–H groups in total. The number of hydrogen-bond acceptors (Lipinski definition) is 8. The number of aliphatic imine (C=N–C) groups is 1. The molecule has 242 valence electrons. The second-order valence-corrected chi connectivity index (χ2v) is 12.3. The molecule has 47 heavy (non-hydrogen) atoms. The van der Waals surface area contributed by atoms with Gasteiger partial charge in [0.05, 0.1) is 29.1 Å². The van der Waals surface area contributed by atoms with E-state index < -0.39 is 11.9 Å². The summed E-state index contributed by atoms with van der Waals surface area (Å²) in [6.07, 6.45) is 3.91. The second kappa shape index (κ2) is 16.3. The second-order valence-electron chi connectivity index (χ2n) is 10.9. The molecule has 1 atom stereocenters. The molecule has 4 aromatic carbocycles. The number of halogens is 1. The van der Waals surface area contributed by atoms with Crippen LogP contribution in [-0.4, -0.2) is 42.5 Å². The third-order valence-electron chi connectivity index (χ3n) is 7.74. The van der Waals surface area contributed by atoms with Gasteiger partial charge in [0, 0.05) is 17.8 Å². The monoisotopic (exact) mass is 670 g/mol. The zero-order valence-electron chi connectivity index (χ0n) is 26.2. The minimum Gasteiger partial charge on any atom is -0.488 e. The van der Waals surface area contributed by atoms with Gasteiger partial charge in [-0.1, -0.05) is 48.0 Å². The highest BCUT2D eigenvalue weighted by molar-refractivity contribution is 7.98. The highest BCUT2D eigenvalue weighted by atomic mass is 35.5. The van der Waals surface area contributed by atoms with E-state index in [2.05, 4.69) is 24.1 Å². The summed E-state index contributed by atoms with van der Waals surface area (Å²) in [6.45, 7) is 3.76. The number of ether oxygens (including phenoxy) is 4. The fraction of sp³-hybridized carbons (Fsp3) is 0.270. The van der Waals surface area contributed by atoms with E-state index in [1.807, 2.05) is 42.7 Å². The average Bonchev–Trinajstić information content (AvgIpc) is 3.09. The van der Waals surface area contributed by atoms with Crippen LogP contribution in [0, 0.1) is 24.2 Å². The van der Waals surface area contributed by atoms with Crippen molar-refractivity contribution in [3.8, 4) is 40.2 Å². The number of benzene rings is 4. The van der Waals surface area contributed by atoms with Crippen LogP contribution in [0.5, 0.6) is 23.0 Å². The highest BCUT2D eigenvalue weighted by Crippen LogP contribution is 2.37. The van der Waals surface area contributed by atoms with Gasteiger partial charge in [-0.25, -0.2) is 0 Å². The molecule has 8 nitrogen and oxygen atoms in total. The fourth-order valence-corrected chi connectivity index (χ4v) is 5.87. The number of thioether (sulfide) groups is 1. The molecule has 1 unspecified atom stereocenters. The van der Waals surface area contributed by atoms with Crippen LogP contribution in [0.1, 0.15) is 34.2 Å². The van der Waals surface area contributed by atoms with Gasteiger partial charge in [-0.2, -0.15) is 17.0 Å². The Balaban J connectivity index is 1.37. The zero-order chi connectivity index (χ0) is 33.2. The predicted molar refractivity (Wildman–Crippen MR) is 185 cm³/mol. The van der Waals surface area contributed by atoms with Gasteiger partial charge in [0.2, 0.25) is 0 Å². The number of carboxylic acids is 1. The maximum atomic E-state index is 11.7. The lowest BCUT2D eigenvalue weighted by molar-refractivity contribution is -0.139. The fourth-order valence-electron chi connectivity index (χ4n) is 5.14. The number of carboxylic acid groups (broad SMARTS) is 1. The van der Waals surface area contributed by atoms with Gasteiger partial charge in [-0.15, -0.1) is 0 Å². The van der Waals surface area contributed by atoms with E-state index in [9.17, 15) is 15.2 Å². The van der Waals surface area contributed by atoms with Crippen molar-refractivity contribution < 1.29 is 28.8 Å². The number of hydrogen-bond donors (Lipinski definition) is 1. The Hall–Kier alpha value is -4.65. The molecule has 0 radical (unpaired) electrons. The third kappa shape index (κ3) is 8.79. The van der Waals surface area contributed by atoms with Gasteiger partial charge in [0.1, 0.15) is 37.9 Å². The van der Waals surface area contributed by atoms with Gasteiger partial charge in [-0.3, -0.25) is 9.79 Å². The minimum absolute atomic E-state index is 0.174. The minimum atomic E-state index is -0.910. The predicted octanol–water partition coefficient (Wildman–Crippen LogP) is 8.14. The average molecular weight is 671 g/mol. The molecule has 0 aromatic heterocycles. The van der Waals surface area contributed by atoms with E-state index in [1.54, 1.807) is 42.1 Å². The van der Waals surface area contributed by atoms with Crippen LogP contribution < -0.4 is 18.9 Å². The standard InChI is InChI=1S/C37H35ClN2O6S/c1-24-29(7-4-8-31(24)27-9-10-33-36(17-27)44-13-12-43-33)23-46-35-18-34(45-22-26-6-3-5-25(15-26)19-39)30(16-32(35)38)21-40-20-28(37(41)42)11-14-47-2/h3-10,15-18,20,28H,11-14,21-23H2,1-2H3,(H,41,42). The third-order valence-corrected chi connectivity index (χ3v) is 8.68. The summed E-state index contributed by atoms with van der Waals surface area (Å²) in [6, 6.07) is 24.9. The molecule has 5 rings (SSSR count). The van der Waals surface area contributed by atoms with E-state index in [-0.39, 0.29) is 19.8 Å². The van der Waals surface area contributed by atoms with Crippen LogP contribution in [0.4, 0.5) is 0 Å². The Morgan fingerprint density at radius 3 is 2.60 bits per heavy atom.